The second-order valence-electron chi connectivity index (χ2n) is 10.5. The Morgan fingerprint density at radius 3 is 1.23 bits per heavy atom. The molecule has 294 valence electrons. The van der Waals surface area contributed by atoms with Crippen LogP contribution in [0, 0.1) is 21.4 Å². The largest absolute Gasteiger partial charge is 0.395 e. The van der Waals surface area contributed by atoms with Crippen molar-refractivity contribution in [2.45, 2.75) is 12.2 Å². The van der Waals surface area contributed by atoms with E-state index >= 15 is 0 Å². The van der Waals surface area contributed by atoms with Gasteiger partial charge in [-0.25, -0.2) is 4.79 Å². The normalized spacial score (nSPS) is 12.1. The molecule has 2 aromatic rings. The van der Waals surface area contributed by atoms with E-state index in [9.17, 15) is 59.7 Å². The summed E-state index contributed by atoms with van der Waals surface area (Å²) in [6, 6.07) is -0.916. The zero-order valence-electron chi connectivity index (χ0n) is 27.1. The maximum absolute atomic E-state index is 14.4. The average Bonchev–Trinajstić information content (AvgIpc) is 3.12. The second kappa shape index (κ2) is 23.8. The quantitative estimate of drug-likeness (QED) is 0.0877. The third-order valence-electron chi connectivity index (χ3n) is 6.80. The van der Waals surface area contributed by atoms with Gasteiger partial charge in [-0.3, -0.25) is 24.1 Å². The van der Waals surface area contributed by atoms with Crippen LogP contribution in [0.1, 0.15) is 41.4 Å². The Balaban J connectivity index is 2.89. The number of amides is 6. The number of halogens is 6. The van der Waals surface area contributed by atoms with E-state index in [1.54, 1.807) is 67.8 Å². The lowest BCUT2D eigenvalue weighted by atomic mass is 10.1. The number of nitrogens with zero attached hydrogens (tertiary/aromatic N) is 1. The van der Waals surface area contributed by atoms with Crippen molar-refractivity contribution in [3.8, 4) is 0 Å². The SMILES string of the molecule is O=C(NCCO)c1c(I)c(NC(=O)N(CCO)c2c(I)c(C(=O)NCCO)c(I)c(C(=O)NCC(O)CO)c2I)c(I)c(C(=O)NCC(O)CO)c1I. The molecule has 0 spiro atoms. The summed E-state index contributed by atoms with van der Waals surface area (Å²) in [5.74, 6) is -2.88. The maximum Gasteiger partial charge on any atom is 0.326 e. The molecule has 0 aliphatic heterocycles. The van der Waals surface area contributed by atoms with Crippen LogP contribution in [0.3, 0.4) is 0 Å². The Labute approximate surface area is 384 Å². The van der Waals surface area contributed by atoms with Crippen LogP contribution >= 0.6 is 136 Å². The Morgan fingerprint density at radius 1 is 0.528 bits per heavy atom. The van der Waals surface area contributed by atoms with Gasteiger partial charge in [0.2, 0.25) is 0 Å². The van der Waals surface area contributed by atoms with E-state index in [1.807, 2.05) is 67.8 Å². The summed E-state index contributed by atoms with van der Waals surface area (Å²) in [5.41, 5.74) is -0.171. The van der Waals surface area contributed by atoms with E-state index in [2.05, 4.69) is 26.6 Å². The fourth-order valence-electron chi connectivity index (χ4n) is 4.29. The summed E-state index contributed by atoms with van der Waals surface area (Å²) >= 11 is 10.8. The van der Waals surface area contributed by atoms with E-state index in [-0.39, 0.29) is 94.4 Å². The number of anilines is 2. The lowest BCUT2D eigenvalue weighted by Crippen LogP contribution is -2.41. The van der Waals surface area contributed by atoms with E-state index in [0.717, 1.165) is 4.90 Å². The van der Waals surface area contributed by atoms with Crippen LogP contribution in [0.25, 0.3) is 0 Å². The molecule has 0 heterocycles. The van der Waals surface area contributed by atoms with Crippen molar-refractivity contribution in [3.05, 3.63) is 43.7 Å². The van der Waals surface area contributed by atoms with Crippen LogP contribution in [0.5, 0.6) is 0 Å². The number of carbonyl (C=O) groups excluding carboxylic acids is 5. The number of benzene rings is 2. The lowest BCUT2D eigenvalue weighted by Gasteiger charge is -2.29. The van der Waals surface area contributed by atoms with Gasteiger partial charge in [-0.1, -0.05) is 0 Å². The standard InChI is InChI=1S/C29H34I6N6O12/c30-17-13(25(49)36-1-4-42)19(32)23(20(33)14(17)27(51)38-7-11(47)9-45)40-29(53)41(3-6-44)24-21(34)15(26(50)37-2-5-43)18(31)16(22(24)35)28(52)39-8-12(48)10-46/h11-12,42-48H,1-10H2,(H,36,49)(H,37,50)(H,38,51)(H,39,52)(H,40,53). The molecular weight excluding hydrogens is 1390 g/mol. The molecule has 6 amide bonds. The predicted octanol–water partition coefficient (Wildman–Crippen LogP) is -0.0448. The molecule has 53 heavy (non-hydrogen) atoms. The monoisotopic (exact) mass is 1420 g/mol. The maximum atomic E-state index is 14.4. The van der Waals surface area contributed by atoms with Crippen molar-refractivity contribution >= 4 is 177 Å². The van der Waals surface area contributed by atoms with Gasteiger partial charge in [-0.2, -0.15) is 0 Å². The topological polar surface area (TPSA) is 290 Å². The smallest absolute Gasteiger partial charge is 0.326 e. The summed E-state index contributed by atoms with van der Waals surface area (Å²) < 4.78 is 1.04. The van der Waals surface area contributed by atoms with Crippen LogP contribution in [0.15, 0.2) is 0 Å². The molecule has 0 bridgehead atoms. The molecule has 2 rings (SSSR count). The minimum absolute atomic E-state index is 0.00559. The highest BCUT2D eigenvalue weighted by Gasteiger charge is 2.34. The van der Waals surface area contributed by atoms with Crippen LogP contribution in [0.4, 0.5) is 16.2 Å². The number of aliphatic hydroxyl groups excluding tert-OH is 7. The minimum Gasteiger partial charge on any atom is -0.395 e. The number of hydrogen-bond donors (Lipinski definition) is 12. The number of urea groups is 1. The number of aliphatic hydroxyl groups is 7. The first-order valence-electron chi connectivity index (χ1n) is 15.1. The first-order chi connectivity index (χ1) is 25.0. The molecule has 0 aromatic heterocycles. The molecule has 2 atom stereocenters. The second-order valence-corrected chi connectivity index (χ2v) is 16.9. The first-order valence-corrected chi connectivity index (χ1v) is 21.5. The van der Waals surface area contributed by atoms with E-state index < -0.39 is 68.3 Å². The molecule has 2 unspecified atom stereocenters. The van der Waals surface area contributed by atoms with E-state index in [0.29, 0.717) is 0 Å². The lowest BCUT2D eigenvalue weighted by molar-refractivity contribution is 0.0797. The number of nitrogens with one attached hydrogen (secondary N) is 5. The Bertz CT molecular complexity index is 1710. The molecule has 0 aliphatic carbocycles. The summed E-state index contributed by atoms with van der Waals surface area (Å²) in [6.45, 7) is -3.97. The van der Waals surface area contributed by atoms with Crippen molar-refractivity contribution in [2.24, 2.45) is 0 Å². The van der Waals surface area contributed by atoms with Gasteiger partial charge in [0.25, 0.3) is 23.6 Å². The van der Waals surface area contributed by atoms with Crippen LogP contribution < -0.4 is 31.5 Å². The van der Waals surface area contributed by atoms with Gasteiger partial charge < -0.3 is 62.3 Å². The molecule has 0 radical (unpaired) electrons. The highest BCUT2D eigenvalue weighted by Crippen LogP contribution is 2.40. The van der Waals surface area contributed by atoms with Gasteiger partial charge in [0.15, 0.2) is 0 Å². The third-order valence-corrected chi connectivity index (χ3v) is 13.2. The van der Waals surface area contributed by atoms with Gasteiger partial charge in [-0.15, -0.1) is 0 Å². The number of carbonyl (C=O) groups is 5. The Kier molecular flexibility index (Phi) is 21.9. The van der Waals surface area contributed by atoms with Gasteiger partial charge in [0.1, 0.15) is 0 Å². The molecule has 0 aliphatic rings. The zero-order chi connectivity index (χ0) is 40.2. The predicted molar refractivity (Wildman–Crippen MR) is 242 cm³/mol. The fourth-order valence-corrected chi connectivity index (χ4v) is 13.4. The molecule has 24 heteroatoms. The van der Waals surface area contributed by atoms with Crippen molar-refractivity contribution in [3.63, 3.8) is 0 Å². The number of hydrogen-bond acceptors (Lipinski definition) is 12. The summed E-state index contributed by atoms with van der Waals surface area (Å²) in [4.78, 5) is 69.2. The summed E-state index contributed by atoms with van der Waals surface area (Å²) in [6.07, 6.45) is -2.57. The van der Waals surface area contributed by atoms with Gasteiger partial charge in [0.05, 0.1) is 99.7 Å². The molecule has 0 saturated heterocycles. The van der Waals surface area contributed by atoms with Crippen molar-refractivity contribution in [2.75, 3.05) is 76.0 Å². The zero-order valence-corrected chi connectivity index (χ0v) is 40.1. The Morgan fingerprint density at radius 2 is 0.887 bits per heavy atom. The van der Waals surface area contributed by atoms with Gasteiger partial charge in [-0.05, 0) is 136 Å². The summed E-state index contributed by atoms with van der Waals surface area (Å²) in [7, 11) is 0. The summed E-state index contributed by atoms with van der Waals surface area (Å²) in [5, 5.41) is 79.7. The molecule has 0 fully saturated rings. The van der Waals surface area contributed by atoms with Crippen molar-refractivity contribution < 1.29 is 59.7 Å². The molecule has 12 N–H and O–H groups in total. The van der Waals surface area contributed by atoms with Crippen molar-refractivity contribution in [1.82, 2.24) is 21.3 Å². The molecule has 2 aromatic carbocycles. The average molecular weight is 1420 g/mol. The minimum atomic E-state index is -1.29. The highest BCUT2D eigenvalue weighted by atomic mass is 127. The van der Waals surface area contributed by atoms with Gasteiger partial charge in [0, 0.05) is 33.3 Å². The Hall–Kier alpha value is -0.310. The third kappa shape index (κ3) is 12.6. The first kappa shape index (κ1) is 48.8. The van der Waals surface area contributed by atoms with Crippen molar-refractivity contribution in [1.29, 1.82) is 0 Å². The highest BCUT2D eigenvalue weighted by molar-refractivity contribution is 14.1. The van der Waals surface area contributed by atoms with Gasteiger partial charge >= 0.3 is 6.03 Å². The van der Waals surface area contributed by atoms with Crippen LogP contribution in [-0.2, 0) is 0 Å². The fraction of sp³-hybridized carbons (Fsp3) is 0.414. The van der Waals surface area contributed by atoms with E-state index in [4.69, 9.17) is 0 Å². The van der Waals surface area contributed by atoms with E-state index in [1.165, 1.54) is 0 Å². The number of rotatable bonds is 18. The molecular formula is C29H34I6N6O12. The van der Waals surface area contributed by atoms with Crippen LogP contribution in [0.2, 0.25) is 0 Å². The molecule has 18 nitrogen and oxygen atoms in total. The molecule has 0 saturated carbocycles. The van der Waals surface area contributed by atoms with Crippen LogP contribution in [-0.4, -0.2) is 143 Å².